The summed E-state index contributed by atoms with van der Waals surface area (Å²) in [4.78, 5) is 0.201. The van der Waals surface area contributed by atoms with E-state index in [-0.39, 0.29) is 4.83 Å². The van der Waals surface area contributed by atoms with E-state index >= 15 is 0 Å². The van der Waals surface area contributed by atoms with Crippen molar-refractivity contribution in [2.24, 2.45) is 0 Å². The molecule has 0 amide bonds. The zero-order valence-electron chi connectivity index (χ0n) is 11.0. The van der Waals surface area contributed by atoms with E-state index in [0.29, 0.717) is 0 Å². The third-order valence-electron chi connectivity index (χ3n) is 3.11. The van der Waals surface area contributed by atoms with E-state index in [1.54, 1.807) is 7.11 Å². The largest absolute Gasteiger partial charge is 0.497 e. The number of methoxy groups -OCH3 is 1. The first kappa shape index (κ1) is 14.4. The quantitative estimate of drug-likeness (QED) is 0.684. The molecule has 2 rings (SSSR count). The molecule has 2 aromatic carbocycles. The number of hydrogen-bond acceptors (Lipinski definition) is 1. The van der Waals surface area contributed by atoms with Gasteiger partial charge in [0.25, 0.3) is 0 Å². The molecule has 2 aromatic rings. The number of hydrogen-bond donors (Lipinski definition) is 0. The van der Waals surface area contributed by atoms with E-state index in [1.165, 1.54) is 5.56 Å². The van der Waals surface area contributed by atoms with Gasteiger partial charge in [0.2, 0.25) is 0 Å². The second-order valence-electron chi connectivity index (χ2n) is 4.50. The molecule has 0 saturated heterocycles. The van der Waals surface area contributed by atoms with Gasteiger partial charge in [0.1, 0.15) is 5.75 Å². The first-order chi connectivity index (χ1) is 9.11. The second-order valence-corrected chi connectivity index (χ2v) is 5.98. The fourth-order valence-corrected chi connectivity index (χ4v) is 3.17. The maximum atomic E-state index is 6.36. The Kier molecular flexibility index (Phi) is 4.89. The van der Waals surface area contributed by atoms with Crippen LogP contribution in [-0.4, -0.2) is 7.11 Å². The maximum absolute atomic E-state index is 6.36. The highest BCUT2D eigenvalue weighted by Gasteiger charge is 2.13. The number of rotatable bonds is 4. The molecule has 0 aliphatic carbocycles. The predicted molar refractivity (Wildman–Crippen MR) is 84.6 cm³/mol. The normalized spacial score (nSPS) is 12.2. The second kappa shape index (κ2) is 6.44. The van der Waals surface area contributed by atoms with Gasteiger partial charge < -0.3 is 4.74 Å². The molecule has 0 spiro atoms. The molecule has 0 bridgehead atoms. The van der Waals surface area contributed by atoms with Crippen molar-refractivity contribution in [3.63, 3.8) is 0 Å². The van der Waals surface area contributed by atoms with Crippen molar-refractivity contribution >= 4 is 27.5 Å². The fourth-order valence-electron chi connectivity index (χ4n) is 2.03. The third-order valence-corrected chi connectivity index (χ3v) is 4.44. The average molecular weight is 340 g/mol. The monoisotopic (exact) mass is 338 g/mol. The van der Waals surface area contributed by atoms with E-state index in [9.17, 15) is 0 Å². The highest BCUT2D eigenvalue weighted by Crippen LogP contribution is 2.34. The Morgan fingerprint density at radius 2 is 1.95 bits per heavy atom. The Morgan fingerprint density at radius 1 is 1.21 bits per heavy atom. The summed E-state index contributed by atoms with van der Waals surface area (Å²) in [5.74, 6) is 0.882. The minimum atomic E-state index is 0.201. The first-order valence-corrected chi connectivity index (χ1v) is 7.43. The van der Waals surface area contributed by atoms with Gasteiger partial charge in [-0.05, 0) is 42.2 Å². The van der Waals surface area contributed by atoms with Crippen molar-refractivity contribution in [1.29, 1.82) is 0 Å². The van der Waals surface area contributed by atoms with Gasteiger partial charge in [-0.25, -0.2) is 0 Å². The Balaban J connectivity index is 2.20. The molecular formula is C16H16BrClO. The van der Waals surface area contributed by atoms with Gasteiger partial charge in [0, 0.05) is 9.85 Å². The Hall–Kier alpha value is -0.990. The summed E-state index contributed by atoms with van der Waals surface area (Å²) in [7, 11) is 1.68. The van der Waals surface area contributed by atoms with Gasteiger partial charge in [-0.3, -0.25) is 0 Å². The molecule has 3 heteroatoms. The summed E-state index contributed by atoms with van der Waals surface area (Å²) in [5.41, 5.74) is 3.46. The predicted octanol–water partition coefficient (Wildman–Crippen LogP) is 5.34. The summed E-state index contributed by atoms with van der Waals surface area (Å²) < 4.78 is 5.24. The smallest absolute Gasteiger partial charge is 0.119 e. The van der Waals surface area contributed by atoms with Crippen LogP contribution in [0, 0.1) is 6.92 Å². The molecule has 1 nitrogen and oxygen atoms in total. The lowest BCUT2D eigenvalue weighted by molar-refractivity contribution is 0.414. The molecule has 100 valence electrons. The van der Waals surface area contributed by atoms with Gasteiger partial charge in [-0.15, -0.1) is 0 Å². The van der Waals surface area contributed by atoms with Crippen LogP contribution >= 0.6 is 27.5 Å². The van der Waals surface area contributed by atoms with Crippen LogP contribution in [0.4, 0.5) is 0 Å². The van der Waals surface area contributed by atoms with Gasteiger partial charge in [0.15, 0.2) is 0 Å². The molecule has 1 unspecified atom stereocenters. The van der Waals surface area contributed by atoms with Crippen molar-refractivity contribution in [2.75, 3.05) is 7.11 Å². The van der Waals surface area contributed by atoms with Crippen LogP contribution in [0.25, 0.3) is 0 Å². The van der Waals surface area contributed by atoms with Crippen LogP contribution < -0.4 is 4.74 Å². The molecule has 0 saturated carbocycles. The minimum absolute atomic E-state index is 0.201. The van der Waals surface area contributed by atoms with Crippen molar-refractivity contribution < 1.29 is 4.74 Å². The highest BCUT2D eigenvalue weighted by molar-refractivity contribution is 9.09. The van der Waals surface area contributed by atoms with Crippen LogP contribution in [-0.2, 0) is 6.42 Å². The van der Waals surface area contributed by atoms with Crippen LogP contribution in [0.3, 0.4) is 0 Å². The maximum Gasteiger partial charge on any atom is 0.119 e. The van der Waals surface area contributed by atoms with Crippen molar-refractivity contribution in [3.05, 3.63) is 64.2 Å². The summed E-state index contributed by atoms with van der Waals surface area (Å²) in [6.07, 6.45) is 0.875. The lowest BCUT2D eigenvalue weighted by atomic mass is 10.0. The van der Waals surface area contributed by atoms with Gasteiger partial charge in [-0.1, -0.05) is 57.9 Å². The van der Waals surface area contributed by atoms with Crippen molar-refractivity contribution in [1.82, 2.24) is 0 Å². The fraction of sp³-hybridized carbons (Fsp3) is 0.250. The number of aryl methyl sites for hydroxylation is 1. The van der Waals surface area contributed by atoms with Gasteiger partial charge in [0.05, 0.1) is 7.11 Å². The van der Waals surface area contributed by atoms with E-state index in [2.05, 4.69) is 34.1 Å². The van der Waals surface area contributed by atoms with Gasteiger partial charge in [-0.2, -0.15) is 0 Å². The molecular weight excluding hydrogens is 324 g/mol. The zero-order valence-corrected chi connectivity index (χ0v) is 13.3. The van der Waals surface area contributed by atoms with Crippen LogP contribution in [0.15, 0.2) is 42.5 Å². The topological polar surface area (TPSA) is 9.23 Å². The Morgan fingerprint density at radius 3 is 2.68 bits per heavy atom. The van der Waals surface area contributed by atoms with Gasteiger partial charge >= 0.3 is 0 Å². The van der Waals surface area contributed by atoms with E-state index in [1.807, 2.05) is 31.2 Å². The summed E-state index contributed by atoms with van der Waals surface area (Å²) in [6.45, 7) is 2.02. The number of halogens is 2. The summed E-state index contributed by atoms with van der Waals surface area (Å²) in [6, 6.07) is 14.2. The van der Waals surface area contributed by atoms with Crippen LogP contribution in [0.2, 0.25) is 5.02 Å². The van der Waals surface area contributed by atoms with Crippen molar-refractivity contribution in [2.45, 2.75) is 18.2 Å². The average Bonchev–Trinajstić information content (AvgIpc) is 2.42. The molecule has 0 heterocycles. The third kappa shape index (κ3) is 3.52. The highest BCUT2D eigenvalue weighted by atomic mass is 79.9. The zero-order chi connectivity index (χ0) is 13.8. The first-order valence-electron chi connectivity index (χ1n) is 6.14. The Bertz CT molecular complexity index is 568. The molecule has 0 aromatic heterocycles. The summed E-state index contributed by atoms with van der Waals surface area (Å²) in [5, 5.41) is 0.840. The van der Waals surface area contributed by atoms with E-state index < -0.39 is 0 Å². The molecule has 1 atom stereocenters. The summed E-state index contributed by atoms with van der Waals surface area (Å²) >= 11 is 10.1. The minimum Gasteiger partial charge on any atom is -0.497 e. The molecule has 0 radical (unpaired) electrons. The van der Waals surface area contributed by atoms with Crippen molar-refractivity contribution in [3.8, 4) is 5.75 Å². The molecule has 0 fully saturated rings. The van der Waals surface area contributed by atoms with E-state index in [4.69, 9.17) is 16.3 Å². The molecule has 0 N–H and O–H groups in total. The number of ether oxygens (including phenoxy) is 1. The van der Waals surface area contributed by atoms with Crippen LogP contribution in [0.1, 0.15) is 21.5 Å². The number of alkyl halides is 1. The lowest BCUT2D eigenvalue weighted by Gasteiger charge is -2.14. The SMILES string of the molecule is COc1cccc(CC(Br)c2cccc(C)c2Cl)c1. The number of benzene rings is 2. The lowest BCUT2D eigenvalue weighted by Crippen LogP contribution is -1.98. The molecule has 19 heavy (non-hydrogen) atoms. The molecule has 0 aliphatic rings. The van der Waals surface area contributed by atoms with Crippen LogP contribution in [0.5, 0.6) is 5.75 Å². The Labute approximate surface area is 127 Å². The van der Waals surface area contributed by atoms with E-state index in [0.717, 1.165) is 28.3 Å². The standard InChI is InChI=1S/C16H16BrClO/c1-11-5-3-8-14(16(11)18)15(17)10-12-6-4-7-13(9-12)19-2/h3-9,15H,10H2,1-2H3. The molecule has 0 aliphatic heterocycles.